The van der Waals surface area contributed by atoms with E-state index < -0.39 is 5.97 Å². The van der Waals surface area contributed by atoms with Gasteiger partial charge in [0.05, 0.1) is 17.7 Å². The highest BCUT2D eigenvalue weighted by atomic mass is 35.5. The summed E-state index contributed by atoms with van der Waals surface area (Å²) in [4.78, 5) is 11.7. The quantitative estimate of drug-likeness (QED) is 0.799. The lowest BCUT2D eigenvalue weighted by Crippen LogP contribution is -2.09. The number of aromatic nitrogens is 3. The highest BCUT2D eigenvalue weighted by Gasteiger charge is 2.29. The summed E-state index contributed by atoms with van der Waals surface area (Å²) < 4.78 is 6.59. The first-order valence-corrected chi connectivity index (χ1v) is 7.12. The normalized spacial score (nSPS) is 22.4. The maximum atomic E-state index is 11.7. The Bertz CT molecular complexity index is 668. The number of pyridine rings is 1. The Kier molecular flexibility index (Phi) is 3.38. The summed E-state index contributed by atoms with van der Waals surface area (Å²) in [5, 5.41) is 8.86. The smallest absolute Gasteiger partial charge is 0.339 e. The number of ether oxygens (including phenoxy) is 1. The van der Waals surface area contributed by atoms with E-state index in [0.717, 1.165) is 12.2 Å². The molecule has 3 rings (SSSR count). The van der Waals surface area contributed by atoms with Gasteiger partial charge >= 0.3 is 5.97 Å². The van der Waals surface area contributed by atoms with E-state index in [1.165, 1.54) is 20.0 Å². The molecule has 1 aliphatic rings. The number of hydrogen-bond donors (Lipinski definition) is 0. The van der Waals surface area contributed by atoms with Crippen LogP contribution in [0.15, 0.2) is 12.3 Å². The fourth-order valence-electron chi connectivity index (χ4n) is 2.98. The summed E-state index contributed by atoms with van der Waals surface area (Å²) in [5.74, 6) is 1.42. The van der Waals surface area contributed by atoms with Crippen LogP contribution in [0.3, 0.4) is 0 Å². The van der Waals surface area contributed by atoms with Crippen LogP contribution in [-0.4, -0.2) is 27.7 Å². The molecule has 1 aliphatic carbocycles. The van der Waals surface area contributed by atoms with Crippen LogP contribution in [0.4, 0.5) is 0 Å². The van der Waals surface area contributed by atoms with Crippen LogP contribution in [-0.2, 0) is 4.74 Å². The van der Waals surface area contributed by atoms with E-state index in [1.54, 1.807) is 12.3 Å². The van der Waals surface area contributed by atoms with Crippen molar-refractivity contribution < 1.29 is 9.53 Å². The second-order valence-electron chi connectivity index (χ2n) is 5.33. The minimum absolute atomic E-state index is 0.369. The maximum absolute atomic E-state index is 11.7. The Morgan fingerprint density at radius 3 is 2.90 bits per heavy atom. The summed E-state index contributed by atoms with van der Waals surface area (Å²) >= 11 is 6.19. The van der Waals surface area contributed by atoms with Crippen molar-refractivity contribution in [3.8, 4) is 0 Å². The second-order valence-corrected chi connectivity index (χ2v) is 5.74. The topological polar surface area (TPSA) is 56.5 Å². The van der Waals surface area contributed by atoms with Gasteiger partial charge < -0.3 is 4.74 Å². The number of nitrogens with zero attached hydrogens (tertiary/aromatic N) is 3. The zero-order chi connectivity index (χ0) is 14.3. The predicted octanol–water partition coefficient (Wildman–Crippen LogP) is 3.07. The second kappa shape index (κ2) is 5.05. The monoisotopic (exact) mass is 293 g/mol. The van der Waals surface area contributed by atoms with Gasteiger partial charge in [-0.3, -0.25) is 4.40 Å². The Balaban J connectivity index is 2.14. The Labute approximate surface area is 121 Å². The van der Waals surface area contributed by atoms with Crippen molar-refractivity contribution in [1.29, 1.82) is 0 Å². The first kappa shape index (κ1) is 13.4. The Morgan fingerprint density at radius 2 is 2.25 bits per heavy atom. The Hall–Kier alpha value is -1.62. The lowest BCUT2D eigenvalue weighted by atomic mass is 9.97. The molecule has 1 saturated carbocycles. The molecule has 0 N–H and O–H groups in total. The van der Waals surface area contributed by atoms with E-state index in [1.807, 2.05) is 4.40 Å². The number of carbonyl (C=O) groups is 1. The molecule has 0 spiro atoms. The SMILES string of the molecule is COC(=O)c1cc(Cl)c2nnc(C3CCCC3C)n2c1. The van der Waals surface area contributed by atoms with Crippen LogP contribution in [0.25, 0.3) is 5.65 Å². The third-order valence-corrected chi connectivity index (χ3v) is 4.38. The van der Waals surface area contributed by atoms with Crippen LogP contribution in [0.5, 0.6) is 0 Å². The molecule has 2 aromatic rings. The number of rotatable bonds is 2. The van der Waals surface area contributed by atoms with Gasteiger partial charge in [-0.15, -0.1) is 10.2 Å². The number of carbonyl (C=O) groups excluding carboxylic acids is 1. The van der Waals surface area contributed by atoms with Gasteiger partial charge in [-0.05, 0) is 24.8 Å². The van der Waals surface area contributed by atoms with Crippen molar-refractivity contribution >= 4 is 23.2 Å². The third-order valence-electron chi connectivity index (χ3n) is 4.10. The fraction of sp³-hybridized carbons (Fsp3) is 0.500. The van der Waals surface area contributed by atoms with Gasteiger partial charge in [0.15, 0.2) is 5.65 Å². The largest absolute Gasteiger partial charge is 0.465 e. The van der Waals surface area contributed by atoms with Gasteiger partial charge in [-0.1, -0.05) is 24.9 Å². The third kappa shape index (κ3) is 2.06. The fourth-order valence-corrected chi connectivity index (χ4v) is 3.23. The average Bonchev–Trinajstić information content (AvgIpc) is 3.03. The molecule has 2 aromatic heterocycles. The molecule has 0 amide bonds. The molecule has 5 nitrogen and oxygen atoms in total. The van der Waals surface area contributed by atoms with Gasteiger partial charge in [0.2, 0.25) is 0 Å². The number of fused-ring (bicyclic) bond motifs is 1. The van der Waals surface area contributed by atoms with E-state index in [0.29, 0.717) is 28.1 Å². The van der Waals surface area contributed by atoms with Crippen molar-refractivity contribution in [2.45, 2.75) is 32.1 Å². The van der Waals surface area contributed by atoms with Crippen molar-refractivity contribution in [1.82, 2.24) is 14.6 Å². The average molecular weight is 294 g/mol. The number of esters is 1. The molecular formula is C14H16ClN3O2. The maximum Gasteiger partial charge on any atom is 0.339 e. The molecular weight excluding hydrogens is 278 g/mol. The standard InChI is InChI=1S/C14H16ClN3O2/c1-8-4-3-5-10(8)12-16-17-13-11(15)6-9(7-18(12)13)14(19)20-2/h6-8,10H,3-5H2,1-2H3. The van der Waals surface area contributed by atoms with Gasteiger partial charge in [0, 0.05) is 12.1 Å². The van der Waals surface area contributed by atoms with Crippen LogP contribution >= 0.6 is 11.6 Å². The van der Waals surface area contributed by atoms with E-state index in [2.05, 4.69) is 17.1 Å². The van der Waals surface area contributed by atoms with E-state index >= 15 is 0 Å². The van der Waals surface area contributed by atoms with E-state index in [-0.39, 0.29) is 0 Å². The summed E-state index contributed by atoms with van der Waals surface area (Å²) in [5.41, 5.74) is 1.00. The molecule has 0 bridgehead atoms. The summed E-state index contributed by atoms with van der Waals surface area (Å²) in [6.07, 6.45) is 5.21. The lowest BCUT2D eigenvalue weighted by Gasteiger charge is -2.13. The van der Waals surface area contributed by atoms with Crippen molar-refractivity contribution in [3.05, 3.63) is 28.7 Å². The molecule has 0 aliphatic heterocycles. The van der Waals surface area contributed by atoms with Crippen molar-refractivity contribution in [3.63, 3.8) is 0 Å². The van der Waals surface area contributed by atoms with Crippen LogP contribution in [0, 0.1) is 5.92 Å². The van der Waals surface area contributed by atoms with Gasteiger partial charge in [-0.2, -0.15) is 0 Å². The molecule has 2 unspecified atom stereocenters. The molecule has 6 heteroatoms. The minimum Gasteiger partial charge on any atom is -0.465 e. The van der Waals surface area contributed by atoms with Crippen LogP contribution < -0.4 is 0 Å². The molecule has 20 heavy (non-hydrogen) atoms. The first-order chi connectivity index (χ1) is 9.61. The number of methoxy groups -OCH3 is 1. The molecule has 0 saturated heterocycles. The zero-order valence-electron chi connectivity index (χ0n) is 11.5. The minimum atomic E-state index is -0.409. The molecule has 2 atom stereocenters. The van der Waals surface area contributed by atoms with Gasteiger partial charge in [-0.25, -0.2) is 4.79 Å². The lowest BCUT2D eigenvalue weighted by molar-refractivity contribution is 0.0600. The predicted molar refractivity (Wildman–Crippen MR) is 75.1 cm³/mol. The van der Waals surface area contributed by atoms with Crippen LogP contribution in [0.1, 0.15) is 48.3 Å². The van der Waals surface area contributed by atoms with E-state index in [9.17, 15) is 4.79 Å². The van der Waals surface area contributed by atoms with Gasteiger partial charge in [0.25, 0.3) is 0 Å². The van der Waals surface area contributed by atoms with Crippen molar-refractivity contribution in [2.75, 3.05) is 7.11 Å². The summed E-state index contributed by atoms with van der Waals surface area (Å²) in [6.45, 7) is 2.23. The molecule has 1 fully saturated rings. The van der Waals surface area contributed by atoms with Gasteiger partial charge in [0.1, 0.15) is 5.82 Å². The van der Waals surface area contributed by atoms with Crippen molar-refractivity contribution in [2.24, 2.45) is 5.92 Å². The summed E-state index contributed by atoms with van der Waals surface area (Å²) in [6, 6.07) is 1.57. The van der Waals surface area contributed by atoms with E-state index in [4.69, 9.17) is 16.3 Å². The Morgan fingerprint density at radius 1 is 1.45 bits per heavy atom. The molecule has 0 radical (unpaired) electrons. The zero-order valence-corrected chi connectivity index (χ0v) is 12.2. The molecule has 2 heterocycles. The molecule has 0 aromatic carbocycles. The highest BCUT2D eigenvalue weighted by molar-refractivity contribution is 6.33. The first-order valence-electron chi connectivity index (χ1n) is 6.74. The number of hydrogen-bond acceptors (Lipinski definition) is 4. The summed E-state index contributed by atoms with van der Waals surface area (Å²) in [7, 11) is 1.35. The van der Waals surface area contributed by atoms with Crippen LogP contribution in [0.2, 0.25) is 5.02 Å². The number of halogens is 1. The molecule has 106 valence electrons. The highest BCUT2D eigenvalue weighted by Crippen LogP contribution is 2.38.